The highest BCUT2D eigenvalue weighted by Gasteiger charge is 2.39. The second-order valence-corrected chi connectivity index (χ2v) is 4.81. The third-order valence-electron chi connectivity index (χ3n) is 3.75. The molecule has 16 heavy (non-hydrogen) atoms. The molecule has 0 amide bonds. The number of carbonyl (C=O) groups is 2. The minimum Gasteiger partial charge on any atom is -0.481 e. The molecule has 1 fully saturated rings. The summed E-state index contributed by atoms with van der Waals surface area (Å²) in [6.45, 7) is 5.59. The molecule has 0 aromatic heterocycles. The van der Waals surface area contributed by atoms with E-state index < -0.39 is 5.97 Å². The summed E-state index contributed by atoms with van der Waals surface area (Å²) >= 11 is 0. The summed E-state index contributed by atoms with van der Waals surface area (Å²) in [7, 11) is 0. The average molecular weight is 228 g/mol. The second kappa shape index (κ2) is 5.32. The van der Waals surface area contributed by atoms with Crippen molar-refractivity contribution >= 4 is 11.9 Å². The molecule has 0 unspecified atom stereocenters. The lowest BCUT2D eigenvalue weighted by molar-refractivity contribution is -0.145. The molecule has 1 rings (SSSR count). The van der Waals surface area contributed by atoms with E-state index in [1.165, 1.54) is 6.92 Å². The Morgan fingerprint density at radius 3 is 2.56 bits per heavy atom. The van der Waals surface area contributed by atoms with E-state index in [0.29, 0.717) is 12.5 Å². The van der Waals surface area contributed by atoms with Crippen LogP contribution >= 0.6 is 0 Å². The van der Waals surface area contributed by atoms with E-state index in [1.807, 2.05) is 0 Å². The van der Waals surface area contributed by atoms with Gasteiger partial charge in [0, 0.05) is 6.92 Å². The molecule has 1 aliphatic rings. The zero-order chi connectivity index (χ0) is 12.3. The van der Waals surface area contributed by atoms with Crippen LogP contribution in [0.4, 0.5) is 0 Å². The van der Waals surface area contributed by atoms with Gasteiger partial charge in [-0.1, -0.05) is 20.3 Å². The maximum atomic E-state index is 11.0. The van der Waals surface area contributed by atoms with Gasteiger partial charge in [-0.2, -0.15) is 0 Å². The first-order chi connectivity index (χ1) is 7.43. The van der Waals surface area contributed by atoms with Crippen LogP contribution in [0.25, 0.3) is 0 Å². The van der Waals surface area contributed by atoms with Crippen molar-refractivity contribution in [3.8, 4) is 0 Å². The third kappa shape index (κ3) is 2.97. The first-order valence-electron chi connectivity index (χ1n) is 5.79. The lowest BCUT2D eigenvalue weighted by Gasteiger charge is -2.25. The predicted octanol–water partition coefficient (Wildman–Crippen LogP) is 1.93. The molecular formula is C12H20O4. The van der Waals surface area contributed by atoms with Crippen molar-refractivity contribution < 1.29 is 19.4 Å². The van der Waals surface area contributed by atoms with Gasteiger partial charge in [-0.3, -0.25) is 9.59 Å². The van der Waals surface area contributed by atoms with E-state index in [4.69, 9.17) is 9.84 Å². The molecule has 0 radical (unpaired) electrons. The summed E-state index contributed by atoms with van der Waals surface area (Å²) in [5.41, 5.74) is 0. The normalized spacial score (nSPS) is 31.1. The van der Waals surface area contributed by atoms with Gasteiger partial charge in [0.05, 0.1) is 12.5 Å². The van der Waals surface area contributed by atoms with Crippen LogP contribution in [0.3, 0.4) is 0 Å². The van der Waals surface area contributed by atoms with Crippen LogP contribution < -0.4 is 0 Å². The van der Waals surface area contributed by atoms with Gasteiger partial charge in [-0.25, -0.2) is 0 Å². The van der Waals surface area contributed by atoms with Crippen LogP contribution in [0.1, 0.15) is 33.6 Å². The predicted molar refractivity (Wildman–Crippen MR) is 58.8 cm³/mol. The van der Waals surface area contributed by atoms with Crippen molar-refractivity contribution in [2.24, 2.45) is 23.7 Å². The van der Waals surface area contributed by atoms with E-state index >= 15 is 0 Å². The summed E-state index contributed by atoms with van der Waals surface area (Å²) < 4.78 is 5.02. The summed E-state index contributed by atoms with van der Waals surface area (Å²) in [4.78, 5) is 21.7. The molecule has 0 spiro atoms. The monoisotopic (exact) mass is 228 g/mol. The van der Waals surface area contributed by atoms with Crippen molar-refractivity contribution in [2.75, 3.05) is 6.61 Å². The summed E-state index contributed by atoms with van der Waals surface area (Å²) in [5.74, 6) is -0.647. The minimum atomic E-state index is -0.757. The van der Waals surface area contributed by atoms with E-state index in [2.05, 4.69) is 6.92 Å². The first kappa shape index (κ1) is 13.0. The van der Waals surface area contributed by atoms with E-state index in [-0.39, 0.29) is 23.7 Å². The number of esters is 1. The van der Waals surface area contributed by atoms with Gasteiger partial charge in [-0.15, -0.1) is 0 Å². The summed E-state index contributed by atoms with van der Waals surface area (Å²) in [5, 5.41) is 9.02. The van der Waals surface area contributed by atoms with Crippen molar-refractivity contribution in [3.63, 3.8) is 0 Å². The van der Waals surface area contributed by atoms with E-state index in [1.54, 1.807) is 6.92 Å². The van der Waals surface area contributed by atoms with Gasteiger partial charge in [0.1, 0.15) is 0 Å². The Bertz CT molecular complexity index is 274. The molecule has 4 nitrogen and oxygen atoms in total. The number of rotatable bonds is 4. The van der Waals surface area contributed by atoms with Crippen molar-refractivity contribution in [3.05, 3.63) is 0 Å². The van der Waals surface area contributed by atoms with Gasteiger partial charge in [0.15, 0.2) is 0 Å². The Morgan fingerprint density at radius 2 is 2.06 bits per heavy atom. The van der Waals surface area contributed by atoms with Crippen LogP contribution in [0.15, 0.2) is 0 Å². The lowest BCUT2D eigenvalue weighted by Crippen LogP contribution is -2.29. The average Bonchev–Trinajstić information content (AvgIpc) is 2.55. The highest BCUT2D eigenvalue weighted by molar-refractivity contribution is 5.70. The van der Waals surface area contributed by atoms with E-state index in [9.17, 15) is 9.59 Å². The fourth-order valence-corrected chi connectivity index (χ4v) is 2.61. The Morgan fingerprint density at radius 1 is 1.44 bits per heavy atom. The molecule has 0 bridgehead atoms. The van der Waals surface area contributed by atoms with Crippen LogP contribution in [0, 0.1) is 23.7 Å². The summed E-state index contributed by atoms with van der Waals surface area (Å²) in [6, 6.07) is 0. The second-order valence-electron chi connectivity index (χ2n) is 4.81. The van der Waals surface area contributed by atoms with Gasteiger partial charge >= 0.3 is 11.9 Å². The molecule has 1 aliphatic carbocycles. The van der Waals surface area contributed by atoms with Crippen LogP contribution in [0.5, 0.6) is 0 Å². The van der Waals surface area contributed by atoms with Gasteiger partial charge in [0.25, 0.3) is 0 Å². The molecule has 4 heteroatoms. The Hall–Kier alpha value is -1.06. The molecule has 0 aliphatic heterocycles. The fourth-order valence-electron chi connectivity index (χ4n) is 2.61. The maximum Gasteiger partial charge on any atom is 0.306 e. The number of carboxylic acid groups (broad SMARTS) is 1. The largest absolute Gasteiger partial charge is 0.481 e. The number of hydrogen-bond acceptors (Lipinski definition) is 3. The fraction of sp³-hybridized carbons (Fsp3) is 0.833. The number of carboxylic acids is 1. The molecule has 0 saturated heterocycles. The Balaban J connectivity index is 2.62. The molecule has 4 atom stereocenters. The SMILES string of the molecule is CC(=O)OC[C@H]1[C@@H]([C@@H](C)C(=O)O)CC[C@@H]1C. The summed E-state index contributed by atoms with van der Waals surface area (Å²) in [6.07, 6.45) is 1.94. The van der Waals surface area contributed by atoms with Crippen molar-refractivity contribution in [1.29, 1.82) is 0 Å². The molecule has 1 saturated carbocycles. The zero-order valence-electron chi connectivity index (χ0n) is 10.1. The van der Waals surface area contributed by atoms with Gasteiger partial charge in [-0.05, 0) is 24.2 Å². The first-order valence-corrected chi connectivity index (χ1v) is 5.79. The lowest BCUT2D eigenvalue weighted by atomic mass is 9.83. The van der Waals surface area contributed by atoms with Crippen molar-refractivity contribution in [2.45, 2.75) is 33.6 Å². The minimum absolute atomic E-state index is 0.131. The zero-order valence-corrected chi connectivity index (χ0v) is 10.1. The Kier molecular flexibility index (Phi) is 4.33. The smallest absolute Gasteiger partial charge is 0.306 e. The number of ether oxygens (including phenoxy) is 1. The molecule has 0 aromatic carbocycles. The number of aliphatic carboxylic acids is 1. The molecule has 1 N–H and O–H groups in total. The maximum absolute atomic E-state index is 11.0. The molecule has 0 heterocycles. The van der Waals surface area contributed by atoms with E-state index in [0.717, 1.165) is 12.8 Å². The van der Waals surface area contributed by atoms with Gasteiger partial charge < -0.3 is 9.84 Å². The third-order valence-corrected chi connectivity index (χ3v) is 3.75. The van der Waals surface area contributed by atoms with Crippen LogP contribution in [-0.4, -0.2) is 23.7 Å². The number of carbonyl (C=O) groups excluding carboxylic acids is 1. The standard InChI is InChI=1S/C12H20O4/c1-7-4-5-10(8(2)12(14)15)11(7)6-16-9(3)13/h7-8,10-11H,4-6H2,1-3H3,(H,14,15)/t7-,8+,10+,11+/m0/s1. The highest BCUT2D eigenvalue weighted by Crippen LogP contribution is 2.41. The van der Waals surface area contributed by atoms with Crippen LogP contribution in [-0.2, 0) is 14.3 Å². The molecule has 92 valence electrons. The van der Waals surface area contributed by atoms with Crippen LogP contribution in [0.2, 0.25) is 0 Å². The highest BCUT2D eigenvalue weighted by atomic mass is 16.5. The molecular weight excluding hydrogens is 208 g/mol. The Labute approximate surface area is 96.0 Å². The number of hydrogen-bond donors (Lipinski definition) is 1. The topological polar surface area (TPSA) is 63.6 Å². The van der Waals surface area contributed by atoms with Gasteiger partial charge in [0.2, 0.25) is 0 Å². The van der Waals surface area contributed by atoms with Crippen molar-refractivity contribution in [1.82, 2.24) is 0 Å². The quantitative estimate of drug-likeness (QED) is 0.747. The molecule has 0 aromatic rings.